The van der Waals surface area contributed by atoms with Crippen LogP contribution in [0.2, 0.25) is 0 Å². The average Bonchev–Trinajstić information content (AvgIpc) is 2.16. The second kappa shape index (κ2) is 4.07. The van der Waals surface area contributed by atoms with Gasteiger partial charge < -0.3 is 5.11 Å². The fraction of sp³-hybridized carbons (Fsp3) is 0.125. The Morgan fingerprint density at radius 3 is 2.54 bits per heavy atom. The number of hydrogen-bond acceptors (Lipinski definition) is 4. The number of hydrogen-bond donors (Lipinski definition) is 1. The van der Waals surface area contributed by atoms with Crippen LogP contribution in [0.5, 0.6) is 5.75 Å². The summed E-state index contributed by atoms with van der Waals surface area (Å²) in [5, 5.41) is 20.9. The number of phenols is 1. The standard InChI is InChI=1S/C8H7N3O2/c9-5-6-11(10-13)7-1-3-8(12)4-2-7/h1-4,12H,6H2. The number of aromatic hydroxyl groups is 1. The fourth-order valence-corrected chi connectivity index (χ4v) is 0.859. The number of phenolic OH excluding ortho intramolecular Hbond substituents is 1. The summed E-state index contributed by atoms with van der Waals surface area (Å²) in [5.41, 5.74) is 0.481. The van der Waals surface area contributed by atoms with E-state index in [9.17, 15) is 4.91 Å². The van der Waals surface area contributed by atoms with Crippen LogP contribution in [-0.4, -0.2) is 11.7 Å². The fourth-order valence-electron chi connectivity index (χ4n) is 0.859. The van der Waals surface area contributed by atoms with Gasteiger partial charge in [0.05, 0.1) is 17.0 Å². The average molecular weight is 177 g/mol. The summed E-state index contributed by atoms with van der Waals surface area (Å²) in [4.78, 5) is 10.2. The first-order chi connectivity index (χ1) is 6.27. The minimum atomic E-state index is -0.103. The zero-order chi connectivity index (χ0) is 9.68. The molecule has 1 rings (SSSR count). The molecule has 5 nitrogen and oxygen atoms in total. The molecule has 0 bridgehead atoms. The van der Waals surface area contributed by atoms with Gasteiger partial charge in [-0.3, -0.25) is 0 Å². The van der Waals surface area contributed by atoms with Crippen LogP contribution in [0.1, 0.15) is 0 Å². The topological polar surface area (TPSA) is 76.7 Å². The van der Waals surface area contributed by atoms with Crippen molar-refractivity contribution in [2.45, 2.75) is 0 Å². The first-order valence-corrected chi connectivity index (χ1v) is 3.54. The molecule has 0 atom stereocenters. The first-order valence-electron chi connectivity index (χ1n) is 3.54. The molecule has 0 radical (unpaired) electrons. The predicted molar refractivity (Wildman–Crippen MR) is 46.9 cm³/mol. The summed E-state index contributed by atoms with van der Waals surface area (Å²) in [5.74, 6) is 0.103. The Balaban J connectivity index is 2.86. The van der Waals surface area contributed by atoms with Crippen LogP contribution in [0.15, 0.2) is 29.6 Å². The summed E-state index contributed by atoms with van der Waals surface area (Å²) < 4.78 is 0. The van der Waals surface area contributed by atoms with Crippen molar-refractivity contribution < 1.29 is 5.11 Å². The number of anilines is 1. The Bertz CT molecular complexity index is 328. The molecule has 0 saturated carbocycles. The van der Waals surface area contributed by atoms with E-state index in [0.29, 0.717) is 5.69 Å². The van der Waals surface area contributed by atoms with E-state index >= 15 is 0 Å². The Morgan fingerprint density at radius 2 is 2.08 bits per heavy atom. The molecule has 0 amide bonds. The molecule has 0 heterocycles. The molecule has 1 N–H and O–H groups in total. The highest BCUT2D eigenvalue weighted by molar-refractivity contribution is 5.48. The van der Waals surface area contributed by atoms with Gasteiger partial charge >= 0.3 is 0 Å². The number of benzene rings is 1. The third kappa shape index (κ3) is 2.17. The molecular formula is C8H7N3O2. The van der Waals surface area contributed by atoms with Crippen molar-refractivity contribution in [2.24, 2.45) is 5.29 Å². The highest BCUT2D eigenvalue weighted by atomic mass is 16.3. The van der Waals surface area contributed by atoms with E-state index < -0.39 is 0 Å². The lowest BCUT2D eigenvalue weighted by atomic mass is 10.3. The van der Waals surface area contributed by atoms with Crippen molar-refractivity contribution in [3.63, 3.8) is 0 Å². The van der Waals surface area contributed by atoms with Gasteiger partial charge in [0.2, 0.25) is 0 Å². The summed E-state index contributed by atoms with van der Waals surface area (Å²) >= 11 is 0. The maximum Gasteiger partial charge on any atom is 0.131 e. The summed E-state index contributed by atoms with van der Waals surface area (Å²) in [7, 11) is 0. The quantitative estimate of drug-likeness (QED) is 0.430. The van der Waals surface area contributed by atoms with Crippen LogP contribution in [0, 0.1) is 16.2 Å². The van der Waals surface area contributed by atoms with Crippen LogP contribution in [0.25, 0.3) is 0 Å². The van der Waals surface area contributed by atoms with Crippen molar-refractivity contribution in [3.8, 4) is 11.8 Å². The Kier molecular flexibility index (Phi) is 2.82. The van der Waals surface area contributed by atoms with Gasteiger partial charge in [0, 0.05) is 0 Å². The van der Waals surface area contributed by atoms with Crippen LogP contribution in [0.3, 0.4) is 0 Å². The van der Waals surface area contributed by atoms with Crippen LogP contribution < -0.4 is 5.01 Å². The Morgan fingerprint density at radius 1 is 1.46 bits per heavy atom. The Labute approximate surface area is 74.8 Å². The van der Waals surface area contributed by atoms with Gasteiger partial charge in [0.25, 0.3) is 0 Å². The lowest BCUT2D eigenvalue weighted by molar-refractivity contribution is 0.475. The summed E-state index contributed by atoms with van der Waals surface area (Å²) in [6.07, 6.45) is 0. The van der Waals surface area contributed by atoms with Crippen LogP contribution in [-0.2, 0) is 0 Å². The molecule has 0 unspecified atom stereocenters. The monoisotopic (exact) mass is 177 g/mol. The molecule has 0 aromatic heterocycles. The summed E-state index contributed by atoms with van der Waals surface area (Å²) in [6.45, 7) is -0.103. The molecule has 1 aromatic rings. The van der Waals surface area contributed by atoms with E-state index in [1.807, 2.05) is 0 Å². The van der Waals surface area contributed by atoms with Gasteiger partial charge in [-0.05, 0) is 24.3 Å². The smallest absolute Gasteiger partial charge is 0.131 e. The highest BCUT2D eigenvalue weighted by Gasteiger charge is 2.04. The number of nitriles is 1. The van der Waals surface area contributed by atoms with E-state index in [1.54, 1.807) is 6.07 Å². The lowest BCUT2D eigenvalue weighted by Gasteiger charge is -2.10. The zero-order valence-electron chi connectivity index (χ0n) is 6.71. The minimum absolute atomic E-state index is 0.103. The van der Waals surface area contributed by atoms with Gasteiger partial charge in [-0.1, -0.05) is 0 Å². The molecule has 1 aromatic carbocycles. The molecular weight excluding hydrogens is 170 g/mol. The van der Waals surface area contributed by atoms with Gasteiger partial charge in [0.1, 0.15) is 12.3 Å². The van der Waals surface area contributed by atoms with E-state index in [1.165, 1.54) is 24.3 Å². The van der Waals surface area contributed by atoms with E-state index in [-0.39, 0.29) is 12.3 Å². The maximum atomic E-state index is 10.2. The van der Waals surface area contributed by atoms with Crippen LogP contribution >= 0.6 is 0 Å². The molecule has 0 aliphatic heterocycles. The van der Waals surface area contributed by atoms with Crippen molar-refractivity contribution in [1.29, 1.82) is 5.26 Å². The highest BCUT2D eigenvalue weighted by Crippen LogP contribution is 2.17. The molecule has 5 heteroatoms. The molecule has 13 heavy (non-hydrogen) atoms. The number of nitroso groups, excluding NO2 is 1. The van der Waals surface area contributed by atoms with Crippen molar-refractivity contribution in [1.82, 2.24) is 0 Å². The molecule has 0 saturated heterocycles. The van der Waals surface area contributed by atoms with Crippen molar-refractivity contribution in [2.75, 3.05) is 11.6 Å². The largest absolute Gasteiger partial charge is 0.508 e. The molecule has 0 aliphatic carbocycles. The van der Waals surface area contributed by atoms with E-state index in [4.69, 9.17) is 10.4 Å². The SMILES string of the molecule is N#CCN(N=O)c1ccc(O)cc1. The lowest BCUT2D eigenvalue weighted by Crippen LogP contribution is -2.14. The third-order valence-electron chi connectivity index (χ3n) is 1.47. The van der Waals surface area contributed by atoms with Crippen LogP contribution in [0.4, 0.5) is 5.69 Å². The molecule has 66 valence electrons. The molecule has 0 aliphatic rings. The van der Waals surface area contributed by atoms with Gasteiger partial charge in [-0.2, -0.15) is 5.26 Å². The normalized spacial score (nSPS) is 8.85. The zero-order valence-corrected chi connectivity index (χ0v) is 6.71. The summed E-state index contributed by atoms with van der Waals surface area (Å²) in [6, 6.07) is 7.66. The van der Waals surface area contributed by atoms with E-state index in [0.717, 1.165) is 5.01 Å². The number of nitrogens with zero attached hydrogens (tertiary/aromatic N) is 3. The maximum absolute atomic E-state index is 10.2. The second-order valence-corrected chi connectivity index (χ2v) is 2.31. The molecule has 0 fully saturated rings. The van der Waals surface area contributed by atoms with Gasteiger partial charge in [0.15, 0.2) is 0 Å². The van der Waals surface area contributed by atoms with Crippen molar-refractivity contribution in [3.05, 3.63) is 29.2 Å². The third-order valence-corrected chi connectivity index (χ3v) is 1.47. The second-order valence-electron chi connectivity index (χ2n) is 2.31. The minimum Gasteiger partial charge on any atom is -0.508 e. The van der Waals surface area contributed by atoms with E-state index in [2.05, 4.69) is 5.29 Å². The number of rotatable bonds is 3. The van der Waals surface area contributed by atoms with Gasteiger partial charge in [-0.15, -0.1) is 4.91 Å². The van der Waals surface area contributed by atoms with Crippen molar-refractivity contribution >= 4 is 5.69 Å². The molecule has 0 spiro atoms. The first kappa shape index (κ1) is 9.00. The van der Waals surface area contributed by atoms with Gasteiger partial charge in [-0.25, -0.2) is 5.01 Å². The predicted octanol–water partition coefficient (Wildman–Crippen LogP) is 1.40. The Hall–Kier alpha value is -2.09.